The fourth-order valence-corrected chi connectivity index (χ4v) is 2.59. The zero-order valence-electron chi connectivity index (χ0n) is 7.96. The van der Waals surface area contributed by atoms with Crippen LogP contribution in [0.3, 0.4) is 0 Å². The molecule has 1 aromatic rings. The predicted molar refractivity (Wildman–Crippen MR) is 60.2 cm³/mol. The summed E-state index contributed by atoms with van der Waals surface area (Å²) >= 11 is 3.79. The minimum atomic E-state index is 0.585. The van der Waals surface area contributed by atoms with E-state index >= 15 is 0 Å². The molecule has 1 aliphatic rings. The largest absolute Gasteiger partial charge is 0.0836 e. The van der Waals surface area contributed by atoms with Gasteiger partial charge in [0.2, 0.25) is 0 Å². The Balaban J connectivity index is 2.10. The van der Waals surface area contributed by atoms with Gasteiger partial charge in [-0.25, -0.2) is 0 Å². The van der Waals surface area contributed by atoms with E-state index in [-0.39, 0.29) is 0 Å². The molecule has 13 heavy (non-hydrogen) atoms. The molecule has 1 heteroatoms. The van der Waals surface area contributed by atoms with Crippen LogP contribution in [0.15, 0.2) is 24.3 Å². The first-order valence-corrected chi connectivity index (χ1v) is 5.89. The molecule has 0 heterocycles. The van der Waals surface area contributed by atoms with Gasteiger partial charge in [-0.1, -0.05) is 52.2 Å². The minimum Gasteiger partial charge on any atom is -0.0836 e. The third-order valence-corrected chi connectivity index (χ3v) is 4.24. The average Bonchev–Trinajstić information content (AvgIpc) is 2.02. The Morgan fingerprint density at radius 3 is 2.31 bits per heavy atom. The van der Waals surface area contributed by atoms with Crippen LogP contribution in [-0.2, 0) is 0 Å². The Morgan fingerprint density at radius 2 is 1.85 bits per heavy atom. The standard InChI is InChI=1S/C12H15Br/c1-9-5-7-11(8-6-9)12(13)10-3-2-4-10/h5-8,10,12H,2-4H2,1H3/t12-/m0/s1. The molecule has 2 rings (SSSR count). The zero-order valence-corrected chi connectivity index (χ0v) is 9.55. The van der Waals surface area contributed by atoms with Gasteiger partial charge in [-0.05, 0) is 31.2 Å². The molecule has 0 nitrogen and oxygen atoms in total. The van der Waals surface area contributed by atoms with E-state index in [1.165, 1.54) is 30.4 Å². The fourth-order valence-electron chi connectivity index (χ4n) is 1.75. The molecule has 70 valence electrons. The zero-order chi connectivity index (χ0) is 9.26. The number of benzene rings is 1. The molecule has 1 aliphatic carbocycles. The van der Waals surface area contributed by atoms with Gasteiger partial charge in [0.15, 0.2) is 0 Å². The van der Waals surface area contributed by atoms with Crippen molar-refractivity contribution in [1.82, 2.24) is 0 Å². The Bertz CT molecular complexity index is 272. The highest BCUT2D eigenvalue weighted by Crippen LogP contribution is 2.42. The van der Waals surface area contributed by atoms with E-state index in [0.29, 0.717) is 4.83 Å². The van der Waals surface area contributed by atoms with Crippen LogP contribution in [0.4, 0.5) is 0 Å². The molecule has 0 aliphatic heterocycles. The molecule has 0 amide bonds. The molecule has 1 atom stereocenters. The van der Waals surface area contributed by atoms with E-state index in [1.807, 2.05) is 0 Å². The van der Waals surface area contributed by atoms with Gasteiger partial charge in [-0.3, -0.25) is 0 Å². The number of halogens is 1. The fraction of sp³-hybridized carbons (Fsp3) is 0.500. The summed E-state index contributed by atoms with van der Waals surface area (Å²) < 4.78 is 0. The van der Waals surface area contributed by atoms with E-state index in [0.717, 1.165) is 5.92 Å². The quantitative estimate of drug-likeness (QED) is 0.677. The van der Waals surface area contributed by atoms with Crippen LogP contribution in [-0.4, -0.2) is 0 Å². The van der Waals surface area contributed by atoms with Crippen LogP contribution >= 0.6 is 15.9 Å². The number of hydrogen-bond acceptors (Lipinski definition) is 0. The van der Waals surface area contributed by atoms with Gasteiger partial charge < -0.3 is 0 Å². The Kier molecular flexibility index (Phi) is 2.73. The lowest BCUT2D eigenvalue weighted by molar-refractivity contribution is 0.312. The van der Waals surface area contributed by atoms with Crippen molar-refractivity contribution in [2.75, 3.05) is 0 Å². The second-order valence-electron chi connectivity index (χ2n) is 4.00. The highest BCUT2D eigenvalue weighted by Gasteiger charge is 2.25. The van der Waals surface area contributed by atoms with Crippen LogP contribution in [0.5, 0.6) is 0 Å². The average molecular weight is 239 g/mol. The van der Waals surface area contributed by atoms with Gasteiger partial charge in [0.05, 0.1) is 0 Å². The topological polar surface area (TPSA) is 0 Å². The Morgan fingerprint density at radius 1 is 1.23 bits per heavy atom. The predicted octanol–water partition coefficient (Wildman–Crippen LogP) is 4.23. The Hall–Kier alpha value is -0.300. The van der Waals surface area contributed by atoms with E-state index in [2.05, 4.69) is 47.1 Å². The molecule has 0 spiro atoms. The summed E-state index contributed by atoms with van der Waals surface area (Å²) in [5.74, 6) is 0.878. The minimum absolute atomic E-state index is 0.585. The summed E-state index contributed by atoms with van der Waals surface area (Å²) in [5.41, 5.74) is 2.78. The van der Waals surface area contributed by atoms with E-state index in [1.54, 1.807) is 0 Å². The van der Waals surface area contributed by atoms with Crippen LogP contribution in [0, 0.1) is 12.8 Å². The summed E-state index contributed by atoms with van der Waals surface area (Å²) in [6.45, 7) is 2.14. The van der Waals surface area contributed by atoms with Crippen LogP contribution in [0.25, 0.3) is 0 Å². The third kappa shape index (κ3) is 1.96. The van der Waals surface area contributed by atoms with Gasteiger partial charge in [0.25, 0.3) is 0 Å². The van der Waals surface area contributed by atoms with Crippen molar-refractivity contribution in [3.63, 3.8) is 0 Å². The first-order valence-electron chi connectivity index (χ1n) is 4.98. The van der Waals surface area contributed by atoms with Gasteiger partial charge in [0, 0.05) is 4.83 Å². The Labute approximate surface area is 88.5 Å². The number of rotatable bonds is 2. The molecular weight excluding hydrogens is 224 g/mol. The SMILES string of the molecule is Cc1ccc([C@@H](Br)C2CCC2)cc1. The molecule has 0 N–H and O–H groups in total. The van der Waals surface area contributed by atoms with Crippen molar-refractivity contribution >= 4 is 15.9 Å². The maximum atomic E-state index is 3.79. The lowest BCUT2D eigenvalue weighted by atomic mass is 9.81. The molecule has 0 radical (unpaired) electrons. The lowest BCUT2D eigenvalue weighted by Gasteiger charge is -2.30. The first-order chi connectivity index (χ1) is 6.27. The van der Waals surface area contributed by atoms with Gasteiger partial charge in [-0.2, -0.15) is 0 Å². The highest BCUT2D eigenvalue weighted by atomic mass is 79.9. The van der Waals surface area contributed by atoms with Crippen molar-refractivity contribution in [1.29, 1.82) is 0 Å². The number of hydrogen-bond donors (Lipinski definition) is 0. The highest BCUT2D eigenvalue weighted by molar-refractivity contribution is 9.09. The maximum Gasteiger partial charge on any atom is 0.0423 e. The molecule has 0 unspecified atom stereocenters. The van der Waals surface area contributed by atoms with Gasteiger partial charge in [-0.15, -0.1) is 0 Å². The third-order valence-electron chi connectivity index (χ3n) is 2.96. The summed E-state index contributed by atoms with van der Waals surface area (Å²) in [6, 6.07) is 8.88. The molecule has 0 saturated heterocycles. The van der Waals surface area contributed by atoms with Crippen molar-refractivity contribution in [2.45, 2.75) is 31.0 Å². The lowest BCUT2D eigenvalue weighted by Crippen LogP contribution is -2.16. The van der Waals surface area contributed by atoms with Crippen molar-refractivity contribution in [2.24, 2.45) is 5.92 Å². The van der Waals surface area contributed by atoms with Crippen molar-refractivity contribution in [3.8, 4) is 0 Å². The maximum absolute atomic E-state index is 3.79. The van der Waals surface area contributed by atoms with E-state index in [4.69, 9.17) is 0 Å². The van der Waals surface area contributed by atoms with Crippen LogP contribution < -0.4 is 0 Å². The number of alkyl halides is 1. The summed E-state index contributed by atoms with van der Waals surface area (Å²) in [5, 5.41) is 0. The number of aryl methyl sites for hydroxylation is 1. The molecule has 1 saturated carbocycles. The van der Waals surface area contributed by atoms with Gasteiger partial charge in [0.1, 0.15) is 0 Å². The molecular formula is C12H15Br. The molecule has 1 aromatic carbocycles. The second kappa shape index (κ2) is 3.83. The van der Waals surface area contributed by atoms with Crippen molar-refractivity contribution < 1.29 is 0 Å². The van der Waals surface area contributed by atoms with Crippen LogP contribution in [0.2, 0.25) is 0 Å². The van der Waals surface area contributed by atoms with Crippen molar-refractivity contribution in [3.05, 3.63) is 35.4 Å². The summed E-state index contributed by atoms with van der Waals surface area (Å²) in [7, 11) is 0. The molecule has 0 bridgehead atoms. The smallest absolute Gasteiger partial charge is 0.0423 e. The van der Waals surface area contributed by atoms with Crippen LogP contribution in [0.1, 0.15) is 35.2 Å². The summed E-state index contributed by atoms with van der Waals surface area (Å²) in [4.78, 5) is 0.585. The van der Waals surface area contributed by atoms with Gasteiger partial charge >= 0.3 is 0 Å². The van der Waals surface area contributed by atoms with E-state index in [9.17, 15) is 0 Å². The second-order valence-corrected chi connectivity index (χ2v) is 4.99. The van der Waals surface area contributed by atoms with E-state index < -0.39 is 0 Å². The summed E-state index contributed by atoms with van der Waals surface area (Å²) in [6.07, 6.45) is 4.20. The normalized spacial score (nSPS) is 19.5. The molecule has 0 aromatic heterocycles. The first kappa shape index (κ1) is 9.26. The monoisotopic (exact) mass is 238 g/mol. The molecule has 1 fully saturated rings.